The molecule has 2 aliphatic rings. The lowest BCUT2D eigenvalue weighted by Gasteiger charge is -2.27. The van der Waals surface area contributed by atoms with Crippen molar-refractivity contribution in [1.82, 2.24) is 5.32 Å². The van der Waals surface area contributed by atoms with Gasteiger partial charge in [-0.3, -0.25) is 0 Å². The summed E-state index contributed by atoms with van der Waals surface area (Å²) >= 11 is 0. The van der Waals surface area contributed by atoms with E-state index < -0.39 is 12.1 Å². The van der Waals surface area contributed by atoms with Crippen LogP contribution in [0.25, 0.3) is 0 Å². The second kappa shape index (κ2) is 6.71. The molecule has 126 valence electrons. The highest BCUT2D eigenvalue weighted by Crippen LogP contribution is 2.40. The van der Waals surface area contributed by atoms with Crippen molar-refractivity contribution in [2.24, 2.45) is 0 Å². The third kappa shape index (κ3) is 3.49. The Bertz CT molecular complexity index is 533. The Morgan fingerprint density at radius 3 is 2.61 bits per heavy atom. The molecule has 3 rings (SSSR count). The zero-order valence-electron chi connectivity index (χ0n) is 13.9. The molecule has 0 amide bonds. The molecule has 2 aliphatic heterocycles. The number of hydrogen-bond acceptors (Lipinski definition) is 5. The number of fused-ring (bicyclic) bond motifs is 1. The van der Waals surface area contributed by atoms with Gasteiger partial charge in [-0.15, -0.1) is 6.58 Å². The smallest absolute Gasteiger partial charge is 0.186 e. The van der Waals surface area contributed by atoms with Crippen LogP contribution in [0.2, 0.25) is 0 Å². The summed E-state index contributed by atoms with van der Waals surface area (Å²) in [6.07, 6.45) is 0.833. The second-order valence-corrected chi connectivity index (χ2v) is 6.40. The highest BCUT2D eigenvalue weighted by molar-refractivity contribution is 5.15. The molecule has 2 saturated heterocycles. The van der Waals surface area contributed by atoms with E-state index in [1.807, 2.05) is 38.1 Å². The largest absolute Gasteiger partial charge is 0.353 e. The summed E-state index contributed by atoms with van der Waals surface area (Å²) in [4.78, 5) is 0. The fraction of sp³-hybridized carbons (Fsp3) is 0.556. The molecule has 1 aromatic rings. The average molecular weight is 319 g/mol. The van der Waals surface area contributed by atoms with E-state index in [4.69, 9.17) is 18.9 Å². The highest BCUT2D eigenvalue weighted by atomic mass is 16.8. The molecular formula is C18H25NO4. The van der Waals surface area contributed by atoms with Gasteiger partial charge in [-0.2, -0.15) is 0 Å². The van der Waals surface area contributed by atoms with Crippen LogP contribution in [-0.4, -0.2) is 43.5 Å². The zero-order chi connectivity index (χ0) is 16.4. The second-order valence-electron chi connectivity index (χ2n) is 6.40. The lowest BCUT2D eigenvalue weighted by atomic mass is 10.0. The van der Waals surface area contributed by atoms with Gasteiger partial charge in [0.25, 0.3) is 0 Å². The monoisotopic (exact) mass is 319 g/mol. The molecule has 1 N–H and O–H groups in total. The van der Waals surface area contributed by atoms with Gasteiger partial charge in [0.2, 0.25) is 0 Å². The Balaban J connectivity index is 1.69. The Morgan fingerprint density at radius 2 is 1.96 bits per heavy atom. The maximum Gasteiger partial charge on any atom is 0.186 e. The van der Waals surface area contributed by atoms with Crippen LogP contribution >= 0.6 is 0 Å². The third-order valence-corrected chi connectivity index (χ3v) is 4.27. The molecule has 2 fully saturated rings. The first-order chi connectivity index (χ1) is 11.0. The summed E-state index contributed by atoms with van der Waals surface area (Å²) in [6, 6.07) is 10.2. The van der Waals surface area contributed by atoms with E-state index in [0.29, 0.717) is 0 Å². The van der Waals surface area contributed by atoms with E-state index in [0.717, 1.165) is 6.54 Å². The molecule has 1 aromatic carbocycles. The van der Waals surface area contributed by atoms with Crippen molar-refractivity contribution in [2.45, 2.75) is 56.8 Å². The van der Waals surface area contributed by atoms with Gasteiger partial charge in [-0.05, 0) is 19.4 Å². The van der Waals surface area contributed by atoms with Crippen molar-refractivity contribution >= 4 is 0 Å². The van der Waals surface area contributed by atoms with Crippen molar-refractivity contribution < 1.29 is 18.9 Å². The lowest BCUT2D eigenvalue weighted by molar-refractivity contribution is -0.228. The fourth-order valence-electron chi connectivity index (χ4n) is 3.24. The van der Waals surface area contributed by atoms with Gasteiger partial charge >= 0.3 is 0 Å². The number of benzene rings is 1. The van der Waals surface area contributed by atoms with Crippen LogP contribution in [0.3, 0.4) is 0 Å². The predicted molar refractivity (Wildman–Crippen MR) is 86.8 cm³/mol. The van der Waals surface area contributed by atoms with Crippen molar-refractivity contribution in [3.63, 3.8) is 0 Å². The van der Waals surface area contributed by atoms with Crippen LogP contribution in [0.1, 0.15) is 19.4 Å². The zero-order valence-corrected chi connectivity index (χ0v) is 13.9. The molecule has 0 saturated carbocycles. The number of methoxy groups -OCH3 is 1. The molecule has 5 heteroatoms. The van der Waals surface area contributed by atoms with Gasteiger partial charge in [0.05, 0.1) is 6.04 Å². The van der Waals surface area contributed by atoms with Crippen LogP contribution in [0, 0.1) is 0 Å². The summed E-state index contributed by atoms with van der Waals surface area (Å²) in [7, 11) is 1.62. The highest BCUT2D eigenvalue weighted by Gasteiger charge is 2.56. The Labute approximate surface area is 137 Å². The molecule has 0 radical (unpaired) electrons. The van der Waals surface area contributed by atoms with Gasteiger partial charge in [0.15, 0.2) is 12.1 Å². The van der Waals surface area contributed by atoms with Gasteiger partial charge in [0, 0.05) is 13.7 Å². The van der Waals surface area contributed by atoms with Gasteiger partial charge < -0.3 is 24.3 Å². The van der Waals surface area contributed by atoms with E-state index in [9.17, 15) is 0 Å². The summed E-state index contributed by atoms with van der Waals surface area (Å²) < 4.78 is 23.4. The Hall–Kier alpha value is -1.24. The first-order valence-electron chi connectivity index (χ1n) is 7.98. The van der Waals surface area contributed by atoms with E-state index >= 15 is 0 Å². The third-order valence-electron chi connectivity index (χ3n) is 4.27. The lowest BCUT2D eigenvalue weighted by Crippen LogP contribution is -2.45. The van der Waals surface area contributed by atoms with Crippen LogP contribution in [0.4, 0.5) is 0 Å². The standard InChI is InChI=1S/C18H25NO4/c1-5-13(19-11-12-9-7-6-8-10-12)14-15-16(17(20-4)21-14)23-18(2,3)22-15/h5-10,13-17,19H,1,11H2,2-4H3/t13-,14-,15-,16-,17-/m0/s1. The first kappa shape index (κ1) is 16.6. The minimum Gasteiger partial charge on any atom is -0.353 e. The molecule has 0 unspecified atom stereocenters. The fourth-order valence-corrected chi connectivity index (χ4v) is 3.24. The molecule has 5 nitrogen and oxygen atoms in total. The normalized spacial score (nSPS) is 33.3. The quantitative estimate of drug-likeness (QED) is 0.815. The SMILES string of the molecule is C=C[C@H](NCc1ccccc1)[C@@H]1O[C@H](OC)[C@H]2OC(C)(C)O[C@H]21. The summed E-state index contributed by atoms with van der Waals surface area (Å²) in [5, 5.41) is 3.48. The molecule has 0 bridgehead atoms. The van der Waals surface area contributed by atoms with Gasteiger partial charge in [-0.1, -0.05) is 36.4 Å². The molecule has 23 heavy (non-hydrogen) atoms. The van der Waals surface area contributed by atoms with Crippen molar-refractivity contribution in [3.05, 3.63) is 48.6 Å². The molecule has 5 atom stereocenters. The van der Waals surface area contributed by atoms with E-state index in [1.165, 1.54) is 5.56 Å². The van der Waals surface area contributed by atoms with E-state index in [-0.39, 0.29) is 24.4 Å². The summed E-state index contributed by atoms with van der Waals surface area (Å²) in [5.41, 5.74) is 1.21. The average Bonchev–Trinajstić information content (AvgIpc) is 3.02. The van der Waals surface area contributed by atoms with Gasteiger partial charge in [-0.25, -0.2) is 0 Å². The van der Waals surface area contributed by atoms with Crippen LogP contribution < -0.4 is 5.32 Å². The maximum atomic E-state index is 6.04. The van der Waals surface area contributed by atoms with Crippen molar-refractivity contribution in [3.8, 4) is 0 Å². The minimum atomic E-state index is -0.626. The number of ether oxygens (including phenoxy) is 4. The predicted octanol–water partition coefficient (Wildman–Crippen LogP) is 2.22. The topological polar surface area (TPSA) is 49.0 Å². The maximum absolute atomic E-state index is 6.04. The molecule has 0 aromatic heterocycles. The number of nitrogens with one attached hydrogen (secondary N) is 1. The number of rotatable bonds is 6. The summed E-state index contributed by atoms with van der Waals surface area (Å²) in [5.74, 6) is -0.626. The minimum absolute atomic E-state index is 0.0552. The van der Waals surface area contributed by atoms with Crippen molar-refractivity contribution in [1.29, 1.82) is 0 Å². The van der Waals surface area contributed by atoms with Gasteiger partial charge in [0.1, 0.15) is 18.3 Å². The molecule has 2 heterocycles. The van der Waals surface area contributed by atoms with E-state index in [2.05, 4.69) is 24.0 Å². The number of hydrogen-bond donors (Lipinski definition) is 1. The molecular weight excluding hydrogens is 294 g/mol. The van der Waals surface area contributed by atoms with Crippen LogP contribution in [-0.2, 0) is 25.5 Å². The van der Waals surface area contributed by atoms with Crippen molar-refractivity contribution in [2.75, 3.05) is 7.11 Å². The van der Waals surface area contributed by atoms with Crippen LogP contribution in [0.15, 0.2) is 43.0 Å². The summed E-state index contributed by atoms with van der Waals surface area (Å²) in [6.45, 7) is 8.50. The molecule has 0 spiro atoms. The first-order valence-corrected chi connectivity index (χ1v) is 7.98. The Kier molecular flexibility index (Phi) is 4.85. The molecule has 0 aliphatic carbocycles. The Morgan fingerprint density at radius 1 is 1.26 bits per heavy atom. The van der Waals surface area contributed by atoms with E-state index in [1.54, 1.807) is 7.11 Å². The van der Waals surface area contributed by atoms with Crippen LogP contribution in [0.5, 0.6) is 0 Å².